The largest absolute Gasteiger partial charge is 0.300 e. The third-order valence-corrected chi connectivity index (χ3v) is 4.25. The molecule has 0 unspecified atom stereocenters. The van der Waals surface area contributed by atoms with Crippen LogP contribution in [0.3, 0.4) is 0 Å². The summed E-state index contributed by atoms with van der Waals surface area (Å²) in [6.45, 7) is 4.87. The fourth-order valence-corrected chi connectivity index (χ4v) is 3.49. The highest BCUT2D eigenvalue weighted by molar-refractivity contribution is 5.23. The van der Waals surface area contributed by atoms with Gasteiger partial charge in [-0.3, -0.25) is 10.00 Å². The molecule has 3 heteroatoms. The van der Waals surface area contributed by atoms with Crippen LogP contribution >= 0.6 is 0 Å². The lowest BCUT2D eigenvalue weighted by atomic mass is 9.75. The Morgan fingerprint density at radius 3 is 3.31 bits per heavy atom. The summed E-state index contributed by atoms with van der Waals surface area (Å²) < 4.78 is 0. The second-order valence-corrected chi connectivity index (χ2v) is 5.29. The van der Waals surface area contributed by atoms with E-state index in [1.165, 1.54) is 56.5 Å². The van der Waals surface area contributed by atoms with Crippen molar-refractivity contribution in [3.05, 3.63) is 17.5 Å². The SMILES string of the molecule is CC[11CH2]N1CCC[C@@H]2Cc3[nH]ncc3C[C@H]21. The highest BCUT2D eigenvalue weighted by atomic mass is 15.1. The van der Waals surface area contributed by atoms with Crippen molar-refractivity contribution >= 4 is 0 Å². The van der Waals surface area contributed by atoms with Crippen LogP contribution in [0.1, 0.15) is 37.4 Å². The van der Waals surface area contributed by atoms with Gasteiger partial charge in [0, 0.05) is 11.7 Å². The van der Waals surface area contributed by atoms with Crippen LogP contribution in [0.4, 0.5) is 0 Å². The topological polar surface area (TPSA) is 31.9 Å². The van der Waals surface area contributed by atoms with Gasteiger partial charge in [-0.15, -0.1) is 0 Å². The van der Waals surface area contributed by atoms with Crippen LogP contribution in [-0.2, 0) is 12.8 Å². The Morgan fingerprint density at radius 1 is 1.50 bits per heavy atom. The van der Waals surface area contributed by atoms with Gasteiger partial charge in [0.05, 0.1) is 6.20 Å². The number of fused-ring (bicyclic) bond motifs is 2. The van der Waals surface area contributed by atoms with Crippen LogP contribution in [0.15, 0.2) is 6.20 Å². The summed E-state index contributed by atoms with van der Waals surface area (Å²) in [4.78, 5) is 2.71. The van der Waals surface area contributed by atoms with Gasteiger partial charge in [0.25, 0.3) is 0 Å². The van der Waals surface area contributed by atoms with E-state index in [9.17, 15) is 0 Å². The number of hydrogen-bond donors (Lipinski definition) is 1. The predicted octanol–water partition coefficient (Wildman–Crippen LogP) is 2.00. The molecule has 0 amide bonds. The van der Waals surface area contributed by atoms with E-state index in [0.29, 0.717) is 0 Å². The van der Waals surface area contributed by atoms with Crippen molar-refractivity contribution in [2.24, 2.45) is 5.92 Å². The zero-order valence-electron chi connectivity index (χ0n) is 10.1. The zero-order valence-corrected chi connectivity index (χ0v) is 10.1. The molecular weight excluding hydrogens is 197 g/mol. The maximum absolute atomic E-state index is 4.19. The fraction of sp³-hybridized carbons (Fsp3) is 0.769. The van der Waals surface area contributed by atoms with Gasteiger partial charge in [0.15, 0.2) is 0 Å². The van der Waals surface area contributed by atoms with E-state index in [4.69, 9.17) is 0 Å². The van der Waals surface area contributed by atoms with Crippen molar-refractivity contribution in [1.82, 2.24) is 15.1 Å². The first kappa shape index (κ1) is 10.3. The van der Waals surface area contributed by atoms with Gasteiger partial charge < -0.3 is 0 Å². The van der Waals surface area contributed by atoms with Gasteiger partial charge in [0.2, 0.25) is 0 Å². The summed E-state index contributed by atoms with van der Waals surface area (Å²) in [5.74, 6) is 0.869. The standard InChI is InChI=1S/C13H21N3/c1-2-5-16-6-3-4-10-7-12-11(8-13(10)16)9-14-15-12/h9-10,13H,2-8H2,1H3,(H,14,15)/t10-,13-/m1/s1/i5-1. The van der Waals surface area contributed by atoms with Gasteiger partial charge >= 0.3 is 0 Å². The van der Waals surface area contributed by atoms with Crippen LogP contribution in [0.25, 0.3) is 0 Å². The molecule has 1 aliphatic carbocycles. The van der Waals surface area contributed by atoms with Crippen LogP contribution < -0.4 is 0 Å². The smallest absolute Gasteiger partial charge is 0.0522 e. The lowest BCUT2D eigenvalue weighted by Crippen LogP contribution is -2.49. The molecule has 1 aromatic heterocycles. The molecule has 3 rings (SSSR count). The van der Waals surface area contributed by atoms with E-state index in [1.54, 1.807) is 0 Å². The van der Waals surface area contributed by atoms with E-state index in [2.05, 4.69) is 22.0 Å². The molecule has 0 saturated carbocycles. The number of rotatable bonds is 2. The van der Waals surface area contributed by atoms with Gasteiger partial charge in [-0.25, -0.2) is 0 Å². The van der Waals surface area contributed by atoms with E-state index in [-0.39, 0.29) is 0 Å². The molecule has 0 bridgehead atoms. The molecule has 0 spiro atoms. The fourth-order valence-electron chi connectivity index (χ4n) is 3.49. The summed E-state index contributed by atoms with van der Waals surface area (Å²) in [5.41, 5.74) is 2.86. The van der Waals surface area contributed by atoms with E-state index < -0.39 is 0 Å². The first-order valence-corrected chi connectivity index (χ1v) is 6.63. The molecular formula is C13H21N3. The number of H-pyrrole nitrogens is 1. The van der Waals surface area contributed by atoms with Crippen molar-refractivity contribution in [3.8, 4) is 0 Å². The van der Waals surface area contributed by atoms with Crippen molar-refractivity contribution in [2.45, 2.75) is 45.1 Å². The number of nitrogens with one attached hydrogen (secondary N) is 1. The zero-order chi connectivity index (χ0) is 11.0. The van der Waals surface area contributed by atoms with Crippen molar-refractivity contribution < 1.29 is 0 Å². The van der Waals surface area contributed by atoms with Crippen LogP contribution in [0, 0.1) is 5.92 Å². The van der Waals surface area contributed by atoms with Gasteiger partial charge in [0.1, 0.15) is 0 Å². The molecule has 0 aromatic carbocycles. The lowest BCUT2D eigenvalue weighted by molar-refractivity contribution is 0.0850. The Balaban J connectivity index is 1.81. The molecule has 2 heterocycles. The minimum atomic E-state index is 0.791. The molecule has 1 saturated heterocycles. The van der Waals surface area contributed by atoms with Crippen LogP contribution in [-0.4, -0.2) is 34.2 Å². The Bertz CT molecular complexity index is 356. The number of piperidine rings is 1. The maximum Gasteiger partial charge on any atom is 0.0522 e. The van der Waals surface area contributed by atoms with E-state index >= 15 is 0 Å². The minimum Gasteiger partial charge on any atom is -0.300 e. The van der Waals surface area contributed by atoms with Crippen LogP contribution in [0.2, 0.25) is 0 Å². The number of hydrogen-bond acceptors (Lipinski definition) is 2. The normalized spacial score (nSPS) is 29.8. The molecule has 88 valence electrons. The summed E-state index contributed by atoms with van der Waals surface area (Å²) in [7, 11) is 0. The molecule has 1 N–H and O–H groups in total. The van der Waals surface area contributed by atoms with Gasteiger partial charge in [-0.05, 0) is 56.7 Å². The Labute approximate surface area is 97.2 Å². The molecule has 0 radical (unpaired) electrons. The second-order valence-electron chi connectivity index (χ2n) is 5.29. The highest BCUT2D eigenvalue weighted by Crippen LogP contribution is 2.34. The van der Waals surface area contributed by atoms with Crippen molar-refractivity contribution in [3.63, 3.8) is 0 Å². The first-order chi connectivity index (χ1) is 7.88. The lowest BCUT2D eigenvalue weighted by Gasteiger charge is -2.43. The molecule has 1 fully saturated rings. The summed E-state index contributed by atoms with van der Waals surface area (Å²) in [6.07, 6.45) is 8.54. The maximum atomic E-state index is 4.19. The van der Waals surface area contributed by atoms with Crippen LogP contribution in [0.5, 0.6) is 0 Å². The average Bonchev–Trinajstić information content (AvgIpc) is 2.74. The van der Waals surface area contributed by atoms with Crippen molar-refractivity contribution in [2.75, 3.05) is 13.1 Å². The third kappa shape index (κ3) is 1.67. The van der Waals surface area contributed by atoms with E-state index in [1.807, 2.05) is 6.20 Å². The monoisotopic (exact) mass is 218 g/mol. The summed E-state index contributed by atoms with van der Waals surface area (Å²) in [6, 6.07) is 0.791. The third-order valence-electron chi connectivity index (χ3n) is 4.25. The Morgan fingerprint density at radius 2 is 2.44 bits per heavy atom. The van der Waals surface area contributed by atoms with Crippen molar-refractivity contribution in [1.29, 1.82) is 0 Å². The van der Waals surface area contributed by atoms with E-state index in [0.717, 1.165) is 12.0 Å². The first-order valence-electron chi connectivity index (χ1n) is 6.63. The molecule has 3 nitrogen and oxygen atoms in total. The summed E-state index contributed by atoms with van der Waals surface area (Å²) >= 11 is 0. The molecule has 1 aliphatic heterocycles. The number of aromatic nitrogens is 2. The molecule has 1 aromatic rings. The van der Waals surface area contributed by atoms with Gasteiger partial charge in [-0.2, -0.15) is 5.10 Å². The quantitative estimate of drug-likeness (QED) is 0.823. The molecule has 2 atom stereocenters. The average molecular weight is 218 g/mol. The Kier molecular flexibility index (Phi) is 2.72. The minimum absolute atomic E-state index is 0.791. The number of aromatic amines is 1. The summed E-state index contributed by atoms with van der Waals surface area (Å²) in [5, 5.41) is 7.36. The highest BCUT2D eigenvalue weighted by Gasteiger charge is 2.35. The Hall–Kier alpha value is -0.830. The number of likely N-dealkylation sites (tertiary alicyclic amines) is 1. The molecule has 2 aliphatic rings. The second kappa shape index (κ2) is 4.21. The predicted molar refractivity (Wildman–Crippen MR) is 64.4 cm³/mol. The van der Waals surface area contributed by atoms with Gasteiger partial charge in [-0.1, -0.05) is 6.92 Å². The molecule has 16 heavy (non-hydrogen) atoms. The number of nitrogens with zero attached hydrogens (tertiary/aromatic N) is 2.